The summed E-state index contributed by atoms with van der Waals surface area (Å²) in [5.41, 5.74) is 8.31. The molecule has 0 aliphatic carbocycles. The Morgan fingerprint density at radius 3 is 2.51 bits per heavy atom. The molecule has 190 valence electrons. The van der Waals surface area contributed by atoms with Crippen LogP contribution in [-0.2, 0) is 14.8 Å². The van der Waals surface area contributed by atoms with Gasteiger partial charge in [-0.25, -0.2) is 13.1 Å². The van der Waals surface area contributed by atoms with Crippen LogP contribution in [0.25, 0.3) is 22.0 Å². The van der Waals surface area contributed by atoms with Gasteiger partial charge in [0.25, 0.3) is 0 Å². The standard InChI is InChI=1S/C27H27N5O4S/c1-17-8-9-19(15-24(17)37(34,35)29-16-21-5-4-14-36-21)25-22-6-2-3-7-23(22)27(32-31-25)30-20-12-10-18(11-13-20)26(28)33/h2-3,6-13,15,21,29H,4-5,14,16H2,1H3,(H2,28,33)(H,30,32). The molecule has 2 heterocycles. The van der Waals surface area contributed by atoms with Crippen molar-refractivity contribution < 1.29 is 17.9 Å². The van der Waals surface area contributed by atoms with Crippen LogP contribution in [-0.4, -0.2) is 43.8 Å². The molecule has 0 spiro atoms. The number of hydrogen-bond acceptors (Lipinski definition) is 7. The Kier molecular flexibility index (Phi) is 6.88. The number of ether oxygens (including phenoxy) is 1. The number of hydrogen-bond donors (Lipinski definition) is 3. The number of sulfonamides is 1. The van der Waals surface area contributed by atoms with Gasteiger partial charge in [-0.15, -0.1) is 10.2 Å². The number of benzene rings is 3. The number of fused-ring (bicyclic) bond motifs is 1. The quantitative estimate of drug-likeness (QED) is 0.322. The summed E-state index contributed by atoms with van der Waals surface area (Å²) in [6.07, 6.45) is 1.69. The van der Waals surface area contributed by atoms with Crippen LogP contribution in [0.2, 0.25) is 0 Å². The molecule has 3 aromatic carbocycles. The number of aryl methyl sites for hydroxylation is 1. The van der Waals surface area contributed by atoms with Crippen molar-refractivity contribution in [3.8, 4) is 11.3 Å². The second-order valence-electron chi connectivity index (χ2n) is 8.98. The largest absolute Gasteiger partial charge is 0.377 e. The van der Waals surface area contributed by atoms with Crippen LogP contribution in [0.3, 0.4) is 0 Å². The fourth-order valence-corrected chi connectivity index (χ4v) is 5.72. The number of rotatable bonds is 8. The molecule has 1 fully saturated rings. The summed E-state index contributed by atoms with van der Waals surface area (Å²) in [7, 11) is -3.74. The van der Waals surface area contributed by atoms with E-state index in [9.17, 15) is 13.2 Å². The van der Waals surface area contributed by atoms with E-state index in [0.717, 1.165) is 29.3 Å². The number of nitrogens with one attached hydrogen (secondary N) is 2. The Morgan fingerprint density at radius 2 is 1.81 bits per heavy atom. The van der Waals surface area contributed by atoms with E-state index in [4.69, 9.17) is 10.5 Å². The van der Waals surface area contributed by atoms with Crippen molar-refractivity contribution in [2.45, 2.75) is 30.8 Å². The highest BCUT2D eigenvalue weighted by Gasteiger charge is 2.23. The van der Waals surface area contributed by atoms with Gasteiger partial charge in [0.05, 0.1) is 11.0 Å². The smallest absolute Gasteiger partial charge is 0.248 e. The predicted molar refractivity (Wildman–Crippen MR) is 142 cm³/mol. The van der Waals surface area contributed by atoms with E-state index in [1.165, 1.54) is 0 Å². The molecule has 9 nitrogen and oxygen atoms in total. The van der Waals surface area contributed by atoms with Gasteiger partial charge in [0.1, 0.15) is 5.69 Å². The molecule has 10 heteroatoms. The Bertz CT molecular complexity index is 1570. The minimum Gasteiger partial charge on any atom is -0.377 e. The van der Waals surface area contributed by atoms with E-state index in [0.29, 0.717) is 34.8 Å². The zero-order valence-corrected chi connectivity index (χ0v) is 21.1. The molecule has 1 aliphatic heterocycles. The predicted octanol–water partition coefficient (Wildman–Crippen LogP) is 3.91. The lowest BCUT2D eigenvalue weighted by atomic mass is 10.0. The fourth-order valence-electron chi connectivity index (χ4n) is 4.39. The first-order chi connectivity index (χ1) is 17.8. The minimum atomic E-state index is -3.74. The van der Waals surface area contributed by atoms with Crippen LogP contribution in [0, 0.1) is 6.92 Å². The second kappa shape index (κ2) is 10.3. The molecule has 1 aromatic heterocycles. The molecule has 4 aromatic rings. The molecule has 0 radical (unpaired) electrons. The van der Waals surface area contributed by atoms with Crippen molar-refractivity contribution in [2.75, 3.05) is 18.5 Å². The first kappa shape index (κ1) is 24.8. The third kappa shape index (κ3) is 5.31. The summed E-state index contributed by atoms with van der Waals surface area (Å²) in [6.45, 7) is 2.68. The number of carbonyl (C=O) groups excluding carboxylic acids is 1. The van der Waals surface area contributed by atoms with Gasteiger partial charge in [0.15, 0.2) is 5.82 Å². The summed E-state index contributed by atoms with van der Waals surface area (Å²) in [5.74, 6) is 0.0343. The van der Waals surface area contributed by atoms with Gasteiger partial charge in [0, 0.05) is 40.7 Å². The van der Waals surface area contributed by atoms with Crippen LogP contribution in [0.5, 0.6) is 0 Å². The third-order valence-electron chi connectivity index (χ3n) is 6.40. The van der Waals surface area contributed by atoms with E-state index < -0.39 is 15.9 Å². The Morgan fingerprint density at radius 1 is 1.05 bits per heavy atom. The van der Waals surface area contributed by atoms with Crippen molar-refractivity contribution >= 4 is 38.2 Å². The van der Waals surface area contributed by atoms with Gasteiger partial charge in [-0.2, -0.15) is 0 Å². The molecule has 4 N–H and O–H groups in total. The summed E-state index contributed by atoms with van der Waals surface area (Å²) < 4.78 is 34.5. The minimum absolute atomic E-state index is 0.0971. The van der Waals surface area contributed by atoms with Crippen molar-refractivity contribution in [1.82, 2.24) is 14.9 Å². The van der Waals surface area contributed by atoms with E-state index >= 15 is 0 Å². The summed E-state index contributed by atoms with van der Waals surface area (Å²) >= 11 is 0. The topological polar surface area (TPSA) is 136 Å². The zero-order valence-electron chi connectivity index (χ0n) is 20.3. The monoisotopic (exact) mass is 517 g/mol. The highest BCUT2D eigenvalue weighted by molar-refractivity contribution is 7.89. The molecule has 1 unspecified atom stereocenters. The third-order valence-corrected chi connectivity index (χ3v) is 7.96. The Balaban J connectivity index is 1.48. The number of amides is 1. The van der Waals surface area contributed by atoms with Crippen molar-refractivity contribution in [2.24, 2.45) is 5.73 Å². The van der Waals surface area contributed by atoms with Gasteiger partial charge in [0.2, 0.25) is 15.9 Å². The molecule has 5 rings (SSSR count). The van der Waals surface area contributed by atoms with Crippen LogP contribution >= 0.6 is 0 Å². The molecule has 0 bridgehead atoms. The van der Waals surface area contributed by atoms with E-state index in [1.54, 1.807) is 43.3 Å². The lowest BCUT2D eigenvalue weighted by Gasteiger charge is -2.15. The second-order valence-corrected chi connectivity index (χ2v) is 10.7. The highest BCUT2D eigenvalue weighted by atomic mass is 32.2. The van der Waals surface area contributed by atoms with E-state index in [-0.39, 0.29) is 17.5 Å². The number of primary amides is 1. The van der Waals surface area contributed by atoms with Gasteiger partial charge >= 0.3 is 0 Å². The molecular weight excluding hydrogens is 490 g/mol. The lowest BCUT2D eigenvalue weighted by Crippen LogP contribution is -2.32. The zero-order chi connectivity index (χ0) is 26.0. The maximum atomic E-state index is 13.1. The number of aromatic nitrogens is 2. The average molecular weight is 518 g/mol. The first-order valence-electron chi connectivity index (χ1n) is 12.0. The summed E-state index contributed by atoms with van der Waals surface area (Å²) in [4.78, 5) is 11.6. The maximum absolute atomic E-state index is 13.1. The Hall–Kier alpha value is -3.86. The average Bonchev–Trinajstić information content (AvgIpc) is 3.42. The van der Waals surface area contributed by atoms with Crippen LogP contribution in [0.1, 0.15) is 28.8 Å². The fraction of sp³-hybridized carbons (Fsp3) is 0.222. The molecule has 1 saturated heterocycles. The number of carbonyl (C=O) groups is 1. The molecule has 0 saturated carbocycles. The van der Waals surface area contributed by atoms with Gasteiger partial charge < -0.3 is 15.8 Å². The van der Waals surface area contributed by atoms with Crippen molar-refractivity contribution in [3.63, 3.8) is 0 Å². The summed E-state index contributed by atoms with van der Waals surface area (Å²) in [6, 6.07) is 19.6. The number of nitrogens with zero attached hydrogens (tertiary/aromatic N) is 2. The molecule has 1 aliphatic rings. The molecule has 37 heavy (non-hydrogen) atoms. The number of nitrogens with two attached hydrogens (primary N) is 1. The SMILES string of the molecule is Cc1ccc(-c2nnc(Nc3ccc(C(N)=O)cc3)c3ccccc23)cc1S(=O)(=O)NCC1CCCO1. The van der Waals surface area contributed by atoms with Crippen LogP contribution < -0.4 is 15.8 Å². The highest BCUT2D eigenvalue weighted by Crippen LogP contribution is 2.32. The summed E-state index contributed by atoms with van der Waals surface area (Å²) in [5, 5.41) is 13.7. The van der Waals surface area contributed by atoms with E-state index in [2.05, 4.69) is 20.2 Å². The molecular formula is C27H27N5O4S. The molecule has 1 atom stereocenters. The van der Waals surface area contributed by atoms with Crippen LogP contribution in [0.4, 0.5) is 11.5 Å². The molecule has 1 amide bonds. The Labute approximate surface area is 215 Å². The normalized spacial score (nSPS) is 15.6. The van der Waals surface area contributed by atoms with Gasteiger partial charge in [-0.1, -0.05) is 36.4 Å². The van der Waals surface area contributed by atoms with Gasteiger partial charge in [-0.3, -0.25) is 4.79 Å². The van der Waals surface area contributed by atoms with Crippen molar-refractivity contribution in [1.29, 1.82) is 0 Å². The maximum Gasteiger partial charge on any atom is 0.248 e. The lowest BCUT2D eigenvalue weighted by molar-refractivity contribution is 0.1000. The number of anilines is 2. The van der Waals surface area contributed by atoms with E-state index in [1.807, 2.05) is 30.3 Å². The van der Waals surface area contributed by atoms with Gasteiger partial charge in [-0.05, 0) is 55.7 Å². The van der Waals surface area contributed by atoms with Crippen LogP contribution in [0.15, 0.2) is 71.6 Å². The van der Waals surface area contributed by atoms with Crippen molar-refractivity contribution in [3.05, 3.63) is 77.9 Å². The first-order valence-corrected chi connectivity index (χ1v) is 13.4.